The van der Waals surface area contributed by atoms with Gasteiger partial charge in [0.05, 0.1) is 22.4 Å². The summed E-state index contributed by atoms with van der Waals surface area (Å²) >= 11 is 1.45. The Balaban J connectivity index is 2.00. The first-order valence-corrected chi connectivity index (χ1v) is 13.7. The van der Waals surface area contributed by atoms with Crippen LogP contribution in [0.2, 0.25) is 0 Å². The van der Waals surface area contributed by atoms with Gasteiger partial charge in [-0.25, -0.2) is 9.07 Å². The number of nitrogens with zero attached hydrogens (tertiary/aromatic N) is 3. The second-order valence-electron chi connectivity index (χ2n) is 10.6. The third-order valence-electron chi connectivity index (χ3n) is 6.62. The number of para-hydroxylation sites is 1. The van der Waals surface area contributed by atoms with Crippen LogP contribution in [0.5, 0.6) is 0 Å². The molecule has 6 nitrogen and oxygen atoms in total. The van der Waals surface area contributed by atoms with E-state index in [1.54, 1.807) is 15.6 Å². The van der Waals surface area contributed by atoms with Crippen molar-refractivity contribution in [1.82, 2.24) is 15.1 Å². The Bertz CT molecular complexity index is 1310. The van der Waals surface area contributed by atoms with Crippen LogP contribution in [0.15, 0.2) is 48.5 Å². The van der Waals surface area contributed by atoms with Gasteiger partial charge in [-0.3, -0.25) is 14.5 Å². The molecule has 4 rings (SSSR count). The number of carbonyl (C=O) groups is 2. The predicted molar refractivity (Wildman–Crippen MR) is 148 cm³/mol. The summed E-state index contributed by atoms with van der Waals surface area (Å²) in [5.41, 5.74) is 3.87. The number of thioether (sulfide) groups is 1. The molecule has 37 heavy (non-hydrogen) atoms. The summed E-state index contributed by atoms with van der Waals surface area (Å²) in [6, 6.07) is 14.4. The summed E-state index contributed by atoms with van der Waals surface area (Å²) < 4.78 is 16.2. The van der Waals surface area contributed by atoms with Crippen molar-refractivity contribution in [3.05, 3.63) is 76.7 Å². The van der Waals surface area contributed by atoms with E-state index in [2.05, 4.69) is 26.1 Å². The number of rotatable bonds is 6. The number of benzene rings is 2. The maximum atomic E-state index is 14.4. The van der Waals surface area contributed by atoms with Gasteiger partial charge in [-0.2, -0.15) is 5.10 Å². The number of hydrogen-bond donors (Lipinski definition) is 1. The van der Waals surface area contributed by atoms with E-state index in [1.165, 1.54) is 23.9 Å². The van der Waals surface area contributed by atoms with Crippen molar-refractivity contribution in [1.29, 1.82) is 0 Å². The molecule has 1 N–H and O–H groups in total. The van der Waals surface area contributed by atoms with Gasteiger partial charge in [-0.15, -0.1) is 11.8 Å². The topological polar surface area (TPSA) is 67.2 Å². The van der Waals surface area contributed by atoms with Gasteiger partial charge >= 0.3 is 0 Å². The minimum Gasteiger partial charge on any atom is -0.352 e. The third kappa shape index (κ3) is 5.59. The fourth-order valence-corrected chi connectivity index (χ4v) is 5.73. The highest BCUT2D eigenvalue weighted by Crippen LogP contribution is 2.48. The molecular weight excluding hydrogens is 487 g/mol. The number of halogens is 1. The number of carbonyl (C=O) groups excluding carboxylic acids is 2. The van der Waals surface area contributed by atoms with E-state index in [1.807, 2.05) is 51.1 Å². The van der Waals surface area contributed by atoms with Crippen molar-refractivity contribution in [2.24, 2.45) is 0 Å². The van der Waals surface area contributed by atoms with Crippen LogP contribution < -0.4 is 10.2 Å². The zero-order valence-electron chi connectivity index (χ0n) is 22.3. The molecule has 0 fully saturated rings. The molecule has 3 aromatic rings. The van der Waals surface area contributed by atoms with Gasteiger partial charge in [-0.1, -0.05) is 58.0 Å². The Kier molecular flexibility index (Phi) is 7.78. The van der Waals surface area contributed by atoms with Crippen LogP contribution in [-0.2, 0) is 15.0 Å². The molecule has 0 radical (unpaired) electrons. The van der Waals surface area contributed by atoms with E-state index in [4.69, 9.17) is 5.10 Å². The smallest absolute Gasteiger partial charge is 0.240 e. The number of aryl methyl sites for hydroxylation is 1. The summed E-state index contributed by atoms with van der Waals surface area (Å²) in [6.07, 6.45) is 0.789. The molecule has 196 valence electrons. The molecule has 0 aliphatic carbocycles. The molecule has 2 heterocycles. The van der Waals surface area contributed by atoms with Crippen molar-refractivity contribution in [3.63, 3.8) is 0 Å². The second-order valence-corrected chi connectivity index (χ2v) is 11.7. The van der Waals surface area contributed by atoms with Crippen molar-refractivity contribution >= 4 is 29.4 Å². The first-order chi connectivity index (χ1) is 17.5. The van der Waals surface area contributed by atoms with Crippen LogP contribution >= 0.6 is 11.8 Å². The van der Waals surface area contributed by atoms with Crippen molar-refractivity contribution in [2.75, 3.05) is 17.2 Å². The van der Waals surface area contributed by atoms with Gasteiger partial charge in [-0.05, 0) is 49.6 Å². The standard InChI is InChI=1S/C29H35FN4O2S/c1-7-19(3)31-23(35)16-33-24(36)17-37-26(20-12-10-13-21(30)15-20)25-27(29(4,5)6)32-34(28(25)33)22-14-9-8-11-18(22)2/h8-15,19,26H,7,16-17H2,1-6H3,(H,31,35). The largest absolute Gasteiger partial charge is 0.352 e. The van der Waals surface area contributed by atoms with Gasteiger partial charge < -0.3 is 5.32 Å². The number of aromatic nitrogens is 2. The van der Waals surface area contributed by atoms with E-state index in [0.29, 0.717) is 5.82 Å². The average molecular weight is 523 g/mol. The SMILES string of the molecule is CCC(C)NC(=O)CN1C(=O)CSC(c2cccc(F)c2)c2c(C(C)(C)C)nn(-c3ccccc3C)c21. The zero-order valence-corrected chi connectivity index (χ0v) is 23.2. The van der Waals surface area contributed by atoms with Gasteiger partial charge in [0.1, 0.15) is 18.2 Å². The van der Waals surface area contributed by atoms with Gasteiger partial charge in [0, 0.05) is 17.0 Å². The van der Waals surface area contributed by atoms with Crippen molar-refractivity contribution < 1.29 is 14.0 Å². The molecule has 2 aromatic carbocycles. The first-order valence-electron chi connectivity index (χ1n) is 12.7. The molecule has 1 aromatic heterocycles. The van der Waals surface area contributed by atoms with E-state index in [9.17, 15) is 14.0 Å². The average Bonchev–Trinajstić information content (AvgIpc) is 3.17. The quantitative estimate of drug-likeness (QED) is 0.451. The molecule has 2 amide bonds. The number of nitrogens with one attached hydrogen (secondary N) is 1. The maximum absolute atomic E-state index is 14.4. The number of fused-ring (bicyclic) bond motifs is 1. The second kappa shape index (κ2) is 10.7. The molecule has 0 bridgehead atoms. The van der Waals surface area contributed by atoms with Crippen LogP contribution in [0.1, 0.15) is 68.7 Å². The van der Waals surface area contributed by atoms with Crippen LogP contribution in [0, 0.1) is 12.7 Å². The lowest BCUT2D eigenvalue weighted by Gasteiger charge is -2.25. The number of anilines is 1. The summed E-state index contributed by atoms with van der Waals surface area (Å²) in [7, 11) is 0. The highest BCUT2D eigenvalue weighted by Gasteiger charge is 2.40. The van der Waals surface area contributed by atoms with Crippen molar-refractivity contribution in [3.8, 4) is 5.69 Å². The van der Waals surface area contributed by atoms with Crippen LogP contribution in [0.3, 0.4) is 0 Å². The van der Waals surface area contributed by atoms with Crippen LogP contribution in [0.25, 0.3) is 5.69 Å². The van der Waals surface area contributed by atoms with Gasteiger partial charge in [0.2, 0.25) is 11.8 Å². The van der Waals surface area contributed by atoms with E-state index >= 15 is 0 Å². The minimum absolute atomic E-state index is 0.00474. The number of hydrogen-bond acceptors (Lipinski definition) is 4. The molecular formula is C29H35FN4O2S. The number of amides is 2. The Morgan fingerprint density at radius 1 is 1.22 bits per heavy atom. The molecule has 1 aliphatic heterocycles. The Morgan fingerprint density at radius 2 is 1.95 bits per heavy atom. The molecule has 1 aliphatic rings. The lowest BCUT2D eigenvalue weighted by Crippen LogP contribution is -2.44. The maximum Gasteiger partial charge on any atom is 0.240 e. The van der Waals surface area contributed by atoms with E-state index in [0.717, 1.165) is 34.5 Å². The summed E-state index contributed by atoms with van der Waals surface area (Å²) in [5, 5.41) is 7.75. The predicted octanol–water partition coefficient (Wildman–Crippen LogP) is 5.70. The fourth-order valence-electron chi connectivity index (χ4n) is 4.54. The summed E-state index contributed by atoms with van der Waals surface area (Å²) in [5.74, 6) is -0.00662. The molecule has 8 heteroatoms. The van der Waals surface area contributed by atoms with Gasteiger partial charge in [0.15, 0.2) is 0 Å². The van der Waals surface area contributed by atoms with Crippen LogP contribution in [0.4, 0.5) is 10.2 Å². The zero-order chi connectivity index (χ0) is 26.9. The summed E-state index contributed by atoms with van der Waals surface area (Å²) in [4.78, 5) is 28.3. The molecule has 2 unspecified atom stereocenters. The van der Waals surface area contributed by atoms with Gasteiger partial charge in [0.25, 0.3) is 0 Å². The Morgan fingerprint density at radius 3 is 2.59 bits per heavy atom. The molecule has 2 atom stereocenters. The highest BCUT2D eigenvalue weighted by atomic mass is 32.2. The lowest BCUT2D eigenvalue weighted by molar-refractivity contribution is -0.123. The lowest BCUT2D eigenvalue weighted by atomic mass is 9.87. The van der Waals surface area contributed by atoms with E-state index < -0.39 is 0 Å². The fraction of sp³-hybridized carbons (Fsp3) is 0.414. The molecule has 0 saturated heterocycles. The first kappa shape index (κ1) is 26.9. The van der Waals surface area contributed by atoms with Crippen LogP contribution in [-0.4, -0.2) is 39.9 Å². The van der Waals surface area contributed by atoms with Crippen molar-refractivity contribution in [2.45, 2.75) is 64.7 Å². The summed E-state index contributed by atoms with van der Waals surface area (Å²) in [6.45, 7) is 12.1. The Hall–Kier alpha value is -3.13. The van der Waals surface area contributed by atoms with E-state index in [-0.39, 0.29) is 46.6 Å². The molecule has 0 saturated carbocycles. The normalized spacial score (nSPS) is 16.8. The monoisotopic (exact) mass is 522 g/mol. The highest BCUT2D eigenvalue weighted by molar-refractivity contribution is 8.00. The molecule has 0 spiro atoms. The Labute approximate surface area is 222 Å². The third-order valence-corrected chi connectivity index (χ3v) is 7.87. The minimum atomic E-state index is -0.373.